The highest BCUT2D eigenvalue weighted by Crippen LogP contribution is 2.35. The summed E-state index contributed by atoms with van der Waals surface area (Å²) in [5.41, 5.74) is 1.96. The van der Waals surface area contributed by atoms with E-state index in [4.69, 9.17) is 31.2 Å². The average molecular weight is 539 g/mol. The number of anilines is 1. The molecule has 3 aromatic rings. The number of aromatic amines is 1. The van der Waals surface area contributed by atoms with Gasteiger partial charge in [0.15, 0.2) is 16.6 Å². The number of pyridine rings is 1. The second-order valence-corrected chi connectivity index (χ2v) is 9.50. The fourth-order valence-electron chi connectivity index (χ4n) is 4.60. The summed E-state index contributed by atoms with van der Waals surface area (Å²) in [6, 6.07) is 12.5. The molecule has 0 spiro atoms. The summed E-state index contributed by atoms with van der Waals surface area (Å²) in [7, 11) is 1.34. The normalized spacial score (nSPS) is 14.9. The van der Waals surface area contributed by atoms with Crippen molar-refractivity contribution >= 4 is 39.9 Å². The zero-order chi connectivity index (χ0) is 26.5. The molecule has 0 saturated carbocycles. The summed E-state index contributed by atoms with van der Waals surface area (Å²) >= 11 is 5.79. The van der Waals surface area contributed by atoms with E-state index in [1.165, 1.54) is 7.11 Å². The van der Waals surface area contributed by atoms with Crippen LogP contribution >= 0.6 is 12.2 Å². The molecule has 1 fully saturated rings. The Bertz CT molecular complexity index is 1390. The average Bonchev–Trinajstić information content (AvgIpc) is 3.39. The third-order valence-corrected chi connectivity index (χ3v) is 7.00. The Labute approximate surface area is 225 Å². The van der Waals surface area contributed by atoms with Gasteiger partial charge in [0, 0.05) is 43.2 Å². The fraction of sp³-hybridized carbons (Fsp3) is 0.370. The highest BCUT2D eigenvalue weighted by molar-refractivity contribution is 7.80. The smallest absolute Gasteiger partial charge is 0.339 e. The molecule has 2 N–H and O–H groups in total. The molecule has 5 rings (SSSR count). The minimum atomic E-state index is -0.459. The molecular formula is C27H30N4O6S. The van der Waals surface area contributed by atoms with Gasteiger partial charge >= 0.3 is 5.97 Å². The van der Waals surface area contributed by atoms with Gasteiger partial charge in [-0.15, -0.1) is 0 Å². The van der Waals surface area contributed by atoms with E-state index in [-0.39, 0.29) is 18.9 Å². The van der Waals surface area contributed by atoms with Gasteiger partial charge in [-0.25, -0.2) is 4.79 Å². The van der Waals surface area contributed by atoms with E-state index in [9.17, 15) is 9.59 Å². The van der Waals surface area contributed by atoms with Gasteiger partial charge in [-0.2, -0.15) is 0 Å². The lowest BCUT2D eigenvalue weighted by atomic mass is 10.1. The third kappa shape index (κ3) is 5.90. The second kappa shape index (κ2) is 11.8. The molecule has 2 aliphatic heterocycles. The van der Waals surface area contributed by atoms with Crippen LogP contribution in [0, 0.1) is 0 Å². The van der Waals surface area contributed by atoms with Crippen LogP contribution in [0.5, 0.6) is 11.5 Å². The zero-order valence-corrected chi connectivity index (χ0v) is 22.0. The number of hydrogen-bond acceptors (Lipinski definition) is 8. The Morgan fingerprint density at radius 3 is 2.71 bits per heavy atom. The number of para-hydroxylation sites is 1. The molecule has 0 aliphatic carbocycles. The monoisotopic (exact) mass is 538 g/mol. The number of aromatic nitrogens is 1. The Morgan fingerprint density at radius 2 is 1.92 bits per heavy atom. The van der Waals surface area contributed by atoms with Crippen molar-refractivity contribution in [3.05, 3.63) is 63.9 Å². The number of carbonyl (C=O) groups excluding carboxylic acids is 1. The predicted molar refractivity (Wildman–Crippen MR) is 147 cm³/mol. The Kier molecular flexibility index (Phi) is 8.06. The van der Waals surface area contributed by atoms with Crippen LogP contribution in [-0.4, -0.2) is 79.2 Å². The van der Waals surface area contributed by atoms with E-state index in [2.05, 4.69) is 15.2 Å². The van der Waals surface area contributed by atoms with Gasteiger partial charge < -0.3 is 34.1 Å². The largest absolute Gasteiger partial charge is 0.465 e. The molecule has 38 heavy (non-hydrogen) atoms. The summed E-state index contributed by atoms with van der Waals surface area (Å²) in [4.78, 5) is 32.6. The highest BCUT2D eigenvalue weighted by Gasteiger charge is 2.20. The first-order valence-corrected chi connectivity index (χ1v) is 12.9. The maximum atomic E-state index is 13.1. The van der Waals surface area contributed by atoms with Crippen molar-refractivity contribution in [1.29, 1.82) is 0 Å². The van der Waals surface area contributed by atoms with E-state index >= 15 is 0 Å². The highest BCUT2D eigenvalue weighted by atomic mass is 32.1. The summed E-state index contributed by atoms with van der Waals surface area (Å²) < 4.78 is 21.3. The molecule has 2 aliphatic rings. The second-order valence-electron chi connectivity index (χ2n) is 9.11. The number of H-pyrrole nitrogens is 1. The minimum Gasteiger partial charge on any atom is -0.465 e. The van der Waals surface area contributed by atoms with E-state index in [0.29, 0.717) is 45.5 Å². The van der Waals surface area contributed by atoms with Gasteiger partial charge in [0.2, 0.25) is 6.79 Å². The number of nitrogens with zero attached hydrogens (tertiary/aromatic N) is 2. The van der Waals surface area contributed by atoms with Gasteiger partial charge in [0.1, 0.15) is 0 Å². The van der Waals surface area contributed by atoms with Crippen LogP contribution < -0.4 is 20.3 Å². The van der Waals surface area contributed by atoms with Crippen LogP contribution in [0.1, 0.15) is 22.3 Å². The van der Waals surface area contributed by atoms with Crippen molar-refractivity contribution < 1.29 is 23.7 Å². The number of ether oxygens (including phenoxy) is 4. The van der Waals surface area contributed by atoms with Crippen LogP contribution in [0.25, 0.3) is 10.9 Å². The maximum absolute atomic E-state index is 13.1. The number of fused-ring (bicyclic) bond motifs is 2. The number of nitrogens with one attached hydrogen (secondary N) is 2. The number of rotatable bonds is 8. The van der Waals surface area contributed by atoms with Gasteiger partial charge in [-0.05, 0) is 42.9 Å². The van der Waals surface area contributed by atoms with Crippen molar-refractivity contribution in [3.8, 4) is 11.5 Å². The lowest BCUT2D eigenvalue weighted by molar-refractivity contribution is 0.0367. The molecule has 0 bridgehead atoms. The van der Waals surface area contributed by atoms with Crippen molar-refractivity contribution in [3.63, 3.8) is 0 Å². The molecule has 0 unspecified atom stereocenters. The Morgan fingerprint density at radius 1 is 1.16 bits per heavy atom. The van der Waals surface area contributed by atoms with E-state index in [0.717, 1.165) is 44.7 Å². The van der Waals surface area contributed by atoms with Crippen LogP contribution in [0.15, 0.2) is 47.3 Å². The minimum absolute atomic E-state index is 0.159. The van der Waals surface area contributed by atoms with Gasteiger partial charge in [0.25, 0.3) is 5.56 Å². The van der Waals surface area contributed by atoms with E-state index in [1.54, 1.807) is 24.3 Å². The molecule has 1 aromatic heterocycles. The zero-order valence-electron chi connectivity index (χ0n) is 21.2. The molecule has 10 nitrogen and oxygen atoms in total. The van der Waals surface area contributed by atoms with Crippen molar-refractivity contribution in [2.45, 2.75) is 13.0 Å². The number of methoxy groups -OCH3 is 1. The lowest BCUT2D eigenvalue weighted by Gasteiger charge is -2.29. The number of morpholine rings is 1. The fourth-order valence-corrected chi connectivity index (χ4v) is 4.87. The number of benzene rings is 2. The topological polar surface area (TPSA) is 105 Å². The number of thiocarbonyl (C=S) groups is 1. The van der Waals surface area contributed by atoms with E-state index in [1.807, 2.05) is 23.1 Å². The molecule has 1 saturated heterocycles. The summed E-state index contributed by atoms with van der Waals surface area (Å²) in [5.74, 6) is 0.800. The van der Waals surface area contributed by atoms with Crippen molar-refractivity contribution in [2.75, 3.05) is 58.6 Å². The summed E-state index contributed by atoms with van der Waals surface area (Å²) in [6.07, 6.45) is 0.838. The standard InChI is InChI=1S/C27H30N4O6S/c1-34-26(33)20-5-2-3-6-21(20)29-27(38)31(8-4-7-30-9-11-35-12-10-30)16-19-13-18-14-23-24(37-17-36-23)15-22(18)28-25(19)32/h2-3,5-6,13-15H,4,7-12,16-17H2,1H3,(H,28,32)(H,29,38). The van der Waals surface area contributed by atoms with Crippen molar-refractivity contribution in [1.82, 2.24) is 14.8 Å². The van der Waals surface area contributed by atoms with Crippen LogP contribution in [0.3, 0.4) is 0 Å². The Hall–Kier alpha value is -3.67. The quantitative estimate of drug-likeness (QED) is 0.329. The first kappa shape index (κ1) is 26.0. The molecule has 0 radical (unpaired) electrons. The lowest BCUT2D eigenvalue weighted by Crippen LogP contribution is -2.40. The molecule has 0 atom stereocenters. The van der Waals surface area contributed by atoms with Gasteiger partial charge in [-0.3, -0.25) is 9.69 Å². The molecular weight excluding hydrogens is 508 g/mol. The van der Waals surface area contributed by atoms with Gasteiger partial charge in [-0.1, -0.05) is 12.1 Å². The molecule has 11 heteroatoms. The molecule has 0 amide bonds. The predicted octanol–water partition coefficient (Wildman–Crippen LogP) is 2.96. The van der Waals surface area contributed by atoms with Crippen LogP contribution in [-0.2, 0) is 16.0 Å². The third-order valence-electron chi connectivity index (χ3n) is 6.64. The van der Waals surface area contributed by atoms with Crippen LogP contribution in [0.2, 0.25) is 0 Å². The number of hydrogen-bond donors (Lipinski definition) is 2. The SMILES string of the molecule is COC(=O)c1ccccc1NC(=S)N(CCCN1CCOCC1)Cc1cc2cc3c(cc2[nH]c1=O)OCO3. The van der Waals surface area contributed by atoms with E-state index < -0.39 is 5.97 Å². The molecule has 200 valence electrons. The number of esters is 1. The van der Waals surface area contributed by atoms with Gasteiger partial charge in [0.05, 0.1) is 43.6 Å². The van der Waals surface area contributed by atoms with Crippen LogP contribution in [0.4, 0.5) is 5.69 Å². The Balaban J connectivity index is 1.38. The number of carbonyl (C=O) groups is 1. The molecule has 2 aromatic carbocycles. The maximum Gasteiger partial charge on any atom is 0.339 e. The van der Waals surface area contributed by atoms with Crippen molar-refractivity contribution in [2.24, 2.45) is 0 Å². The first-order valence-electron chi connectivity index (χ1n) is 12.5. The summed E-state index contributed by atoms with van der Waals surface area (Å²) in [6.45, 7) is 5.21. The first-order chi connectivity index (χ1) is 18.5. The summed E-state index contributed by atoms with van der Waals surface area (Å²) in [5, 5.41) is 4.45. The molecule has 3 heterocycles.